The van der Waals surface area contributed by atoms with Gasteiger partial charge in [0.25, 0.3) is 0 Å². The van der Waals surface area contributed by atoms with Crippen LogP contribution >= 0.6 is 0 Å². The first kappa shape index (κ1) is 75.7. The minimum absolute atomic E-state index is 0.0240. The van der Waals surface area contributed by atoms with E-state index in [1.54, 1.807) is 61.0 Å². The largest absolute Gasteiger partial charge is 0.481 e. The zero-order valence-electron chi connectivity index (χ0n) is 54.8. The number of nitrogens with zero attached hydrogens (tertiary/aromatic N) is 4. The van der Waals surface area contributed by atoms with Crippen molar-refractivity contribution in [2.45, 2.75) is 214 Å². The fourth-order valence-electron chi connectivity index (χ4n) is 12.0. The first-order valence-corrected chi connectivity index (χ1v) is 31.6. The number of aliphatic carboxylic acids is 2. The highest BCUT2D eigenvalue weighted by Crippen LogP contribution is 2.30. The number of unbranched alkanes of at least 4 members (excludes halogenated alkanes) is 1. The molecule has 496 valence electrons. The highest BCUT2D eigenvalue weighted by Gasteiger charge is 2.44. The Balaban J connectivity index is 1.78. The molecule has 0 aromatic heterocycles. The summed E-state index contributed by atoms with van der Waals surface area (Å²) in [6.45, 7) is 20.5. The zero-order valence-corrected chi connectivity index (χ0v) is 54.8. The third-order valence-corrected chi connectivity index (χ3v) is 17.2. The summed E-state index contributed by atoms with van der Waals surface area (Å²) >= 11 is 0. The van der Waals surface area contributed by atoms with E-state index in [2.05, 4.69) is 45.3 Å². The van der Waals surface area contributed by atoms with Gasteiger partial charge in [-0.25, -0.2) is 4.79 Å². The van der Waals surface area contributed by atoms with E-state index in [0.29, 0.717) is 43.7 Å². The molecule has 2 aliphatic rings. The highest BCUT2D eigenvalue weighted by atomic mass is 16.5. The number of hydrogen-bond donors (Lipinski definition) is 7. The van der Waals surface area contributed by atoms with E-state index in [0.717, 1.165) is 24.3 Å². The third kappa shape index (κ3) is 23.1. The summed E-state index contributed by atoms with van der Waals surface area (Å²) in [6.07, 6.45) is 1.21. The number of rotatable bonds is 40. The van der Waals surface area contributed by atoms with Gasteiger partial charge >= 0.3 is 11.9 Å². The second-order valence-electron chi connectivity index (χ2n) is 25.3. The van der Waals surface area contributed by atoms with Gasteiger partial charge in [0, 0.05) is 72.5 Å². The molecule has 2 saturated heterocycles. The molecule has 0 bridgehead atoms. The molecule has 24 nitrogen and oxygen atoms in total. The molecule has 88 heavy (non-hydrogen) atoms. The highest BCUT2D eigenvalue weighted by molar-refractivity contribution is 6.03. The van der Waals surface area contributed by atoms with Crippen LogP contribution in [-0.2, 0) is 68.6 Å². The number of amides is 9. The lowest BCUT2D eigenvalue weighted by molar-refractivity contribution is -0.148. The van der Waals surface area contributed by atoms with Crippen LogP contribution in [0.4, 0.5) is 0 Å². The lowest BCUT2D eigenvalue weighted by Gasteiger charge is -2.41. The predicted octanol–water partition coefficient (Wildman–Crippen LogP) is 4.16. The van der Waals surface area contributed by atoms with Gasteiger partial charge in [-0.1, -0.05) is 106 Å². The van der Waals surface area contributed by atoms with Crippen LogP contribution in [0.25, 0.3) is 0 Å². The van der Waals surface area contributed by atoms with Gasteiger partial charge < -0.3 is 56.1 Å². The van der Waals surface area contributed by atoms with Gasteiger partial charge in [0.2, 0.25) is 53.2 Å². The van der Waals surface area contributed by atoms with E-state index in [1.807, 2.05) is 48.6 Å². The Bertz CT molecular complexity index is 2480. The Labute approximate surface area is 521 Å². The van der Waals surface area contributed by atoms with Gasteiger partial charge in [0.15, 0.2) is 0 Å². The molecule has 12 atom stereocenters. The molecule has 1 aromatic carbocycles. The van der Waals surface area contributed by atoms with E-state index in [9.17, 15) is 63.0 Å². The van der Waals surface area contributed by atoms with Crippen molar-refractivity contribution in [2.75, 3.05) is 54.5 Å². The van der Waals surface area contributed by atoms with Crippen LogP contribution in [-0.4, -0.2) is 204 Å². The van der Waals surface area contributed by atoms with Crippen LogP contribution in [0, 0.1) is 35.5 Å². The number of hydrogen-bond acceptors (Lipinski definition) is 14. The maximum Gasteiger partial charge on any atom is 0.326 e. The van der Waals surface area contributed by atoms with Crippen molar-refractivity contribution in [3.05, 3.63) is 35.9 Å². The molecule has 0 aliphatic carbocycles. The van der Waals surface area contributed by atoms with Crippen LogP contribution in [0.15, 0.2) is 30.3 Å². The molecule has 2 unspecified atom stereocenters. The summed E-state index contributed by atoms with van der Waals surface area (Å²) in [6, 6.07) is 1.84. The van der Waals surface area contributed by atoms with Crippen molar-refractivity contribution < 1.29 is 72.4 Å². The summed E-state index contributed by atoms with van der Waals surface area (Å²) in [5.41, 5.74) is 0.627. The van der Waals surface area contributed by atoms with Gasteiger partial charge in [0.05, 0.1) is 42.7 Å². The van der Waals surface area contributed by atoms with Crippen molar-refractivity contribution in [1.29, 1.82) is 0 Å². The van der Waals surface area contributed by atoms with Crippen molar-refractivity contribution in [1.82, 2.24) is 46.2 Å². The predicted molar refractivity (Wildman–Crippen MR) is 331 cm³/mol. The molecule has 2 heterocycles. The molecule has 24 heteroatoms. The Morgan fingerprint density at radius 2 is 1.38 bits per heavy atom. The number of benzene rings is 1. The maximum atomic E-state index is 14.7. The number of likely N-dealkylation sites (tertiary alicyclic amines) is 2. The minimum atomic E-state index is -1.55. The smallest absolute Gasteiger partial charge is 0.326 e. The van der Waals surface area contributed by atoms with Crippen molar-refractivity contribution in [3.8, 4) is 0 Å². The van der Waals surface area contributed by atoms with Gasteiger partial charge in [-0.05, 0) is 94.2 Å². The Kier molecular flexibility index (Phi) is 32.2. The number of carboxylic acids is 2. The minimum Gasteiger partial charge on any atom is -0.481 e. The molecule has 0 saturated carbocycles. The lowest BCUT2D eigenvalue weighted by Crippen LogP contribution is -2.60. The maximum absolute atomic E-state index is 14.7. The fourth-order valence-corrected chi connectivity index (χ4v) is 12.0. The molecular weight excluding hydrogens is 1130 g/mol. The van der Waals surface area contributed by atoms with E-state index in [-0.39, 0.29) is 98.9 Å². The number of carbonyl (C=O) groups is 11. The van der Waals surface area contributed by atoms with Crippen LogP contribution in [0.5, 0.6) is 0 Å². The van der Waals surface area contributed by atoms with Crippen molar-refractivity contribution in [3.63, 3.8) is 0 Å². The second kappa shape index (κ2) is 37.5. The first-order valence-electron chi connectivity index (χ1n) is 31.6. The van der Waals surface area contributed by atoms with Crippen LogP contribution in [0.3, 0.4) is 0 Å². The summed E-state index contributed by atoms with van der Waals surface area (Å²) in [7, 11) is 6.57. The summed E-state index contributed by atoms with van der Waals surface area (Å²) < 4.78 is 12.2. The molecule has 7 N–H and O–H groups in total. The van der Waals surface area contributed by atoms with Gasteiger partial charge in [-0.3, -0.25) is 57.7 Å². The monoisotopic (exact) mass is 1240 g/mol. The third-order valence-electron chi connectivity index (χ3n) is 17.2. The van der Waals surface area contributed by atoms with Crippen LogP contribution in [0.1, 0.15) is 158 Å². The average molecular weight is 1240 g/mol. The van der Waals surface area contributed by atoms with Crippen molar-refractivity contribution in [2.24, 2.45) is 35.5 Å². The molecule has 3 rings (SSSR count). The molecule has 1 aromatic rings. The lowest BCUT2D eigenvalue weighted by atomic mass is 9.89. The van der Waals surface area contributed by atoms with Crippen molar-refractivity contribution >= 4 is 65.1 Å². The average Bonchev–Trinajstić information content (AvgIpc) is 2.26. The van der Waals surface area contributed by atoms with E-state index in [1.165, 1.54) is 14.2 Å². The van der Waals surface area contributed by atoms with Gasteiger partial charge in [-0.15, -0.1) is 0 Å². The molecule has 9 amide bonds. The summed E-state index contributed by atoms with van der Waals surface area (Å²) in [5, 5.41) is 33.3. The summed E-state index contributed by atoms with van der Waals surface area (Å²) in [5.74, 6) is -8.35. The Morgan fingerprint density at radius 1 is 0.739 bits per heavy atom. The number of imide groups is 1. The Morgan fingerprint density at radius 3 is 1.93 bits per heavy atom. The molecule has 0 spiro atoms. The number of nitrogens with one attached hydrogen (secondary N) is 5. The first-order chi connectivity index (χ1) is 41.5. The zero-order chi connectivity index (χ0) is 66.1. The SMILES string of the molecule is CC[C@H](C)[C@@H]([C@@H](CC(=O)N1CCC[C@H]1[C@H](OC)[C@@H](C)C(=O)NC(Cc1ccccc1)C(=O)N[C@@H](CCC(=O)O)C(=O)N[C@@H](CCCCNC(=O)CCN1C(=O)CC(C)C1=O)C(=O)O)OC)N(C)C(=O)[C@@H](NC(=O)[C@H](C(C)C)N(C)CCCC(C)C)C(C)C. The van der Waals surface area contributed by atoms with E-state index in [4.69, 9.17) is 9.47 Å². The number of likely N-dealkylation sites (N-methyl/N-ethyl adjacent to an activating group) is 2. The molecule has 2 aliphatic heterocycles. The van der Waals surface area contributed by atoms with E-state index < -0.39 is 115 Å². The second-order valence-corrected chi connectivity index (χ2v) is 25.3. The number of carbonyl (C=O) groups excluding carboxylic acids is 9. The Hall–Kier alpha value is -6.53. The molecule has 2 fully saturated rings. The van der Waals surface area contributed by atoms with Crippen LogP contribution in [0.2, 0.25) is 0 Å². The standard InChI is InChI=1S/C64H105N9O15/c1-15-41(8)56(71(12)63(84)54(39(4)5)69-61(82)55(40(6)7)70(11)32-21-23-38(2)3)49(87-13)37-52(76)72-33-22-27-48(72)57(88-14)43(10)58(79)68-47(36-44-24-17-16-18-25-44)60(81)66-45(28-29-53(77)78)59(80)67-46(64(85)86)26-19-20-31-65-50(74)30-34-73-51(75)35-42(9)62(73)83/h16-18,24-25,38-43,45-49,54-57H,15,19-23,26-37H2,1-14H3,(H,65,74)(H,66,81)(H,67,80)(H,68,79)(H,69,82)(H,77,78)(H,85,86)/t41-,42?,43+,45-,46-,47?,48-,49+,54-,55-,56-,57+/m0/s1. The number of methoxy groups -OCH3 is 2. The summed E-state index contributed by atoms with van der Waals surface area (Å²) in [4.78, 5) is 154. The van der Waals surface area contributed by atoms with E-state index >= 15 is 0 Å². The topological polar surface area (TPSA) is 320 Å². The van der Waals surface area contributed by atoms with Gasteiger partial charge in [0.1, 0.15) is 24.2 Å². The number of ether oxygens (including phenoxy) is 2. The van der Waals surface area contributed by atoms with Crippen LogP contribution < -0.4 is 26.6 Å². The number of carboxylic acid groups (broad SMARTS) is 2. The van der Waals surface area contributed by atoms with Gasteiger partial charge in [-0.2, -0.15) is 0 Å². The quantitative estimate of drug-likeness (QED) is 0.0358. The molecule has 0 radical (unpaired) electrons. The normalized spacial score (nSPS) is 18.7. The fraction of sp³-hybridized carbons (Fsp3) is 0.734. The molecular formula is C64H105N9O15.